The van der Waals surface area contributed by atoms with Gasteiger partial charge in [0, 0.05) is 24.5 Å². The van der Waals surface area contributed by atoms with E-state index in [1.807, 2.05) is 0 Å². The van der Waals surface area contributed by atoms with E-state index in [-0.39, 0.29) is 24.8 Å². The molecule has 18 heavy (non-hydrogen) atoms. The molecule has 2 rings (SSSR count). The fourth-order valence-electron chi connectivity index (χ4n) is 2.15. The monoisotopic (exact) mass is 311 g/mol. The normalized spacial score (nSPS) is 18.5. The summed E-state index contributed by atoms with van der Waals surface area (Å²) in [6.45, 7) is 5.49. The Labute approximate surface area is 126 Å². The van der Waals surface area contributed by atoms with Crippen molar-refractivity contribution in [3.63, 3.8) is 0 Å². The lowest BCUT2D eigenvalue weighted by Crippen LogP contribution is -2.32. The summed E-state index contributed by atoms with van der Waals surface area (Å²) in [5.41, 5.74) is 1.24. The van der Waals surface area contributed by atoms with Crippen molar-refractivity contribution in [2.75, 3.05) is 20.1 Å². The van der Waals surface area contributed by atoms with Crippen LogP contribution in [0, 0.1) is 0 Å². The molecule has 0 saturated carbocycles. The van der Waals surface area contributed by atoms with Crippen LogP contribution in [0.1, 0.15) is 30.5 Å². The summed E-state index contributed by atoms with van der Waals surface area (Å²) in [4.78, 5) is 7.09. The van der Waals surface area contributed by atoms with Gasteiger partial charge in [-0.2, -0.15) is 0 Å². The van der Waals surface area contributed by atoms with Crippen molar-refractivity contribution < 1.29 is 0 Å². The molecule has 106 valence electrons. The van der Waals surface area contributed by atoms with Gasteiger partial charge in [-0.3, -0.25) is 4.90 Å². The highest BCUT2D eigenvalue weighted by Crippen LogP contribution is 2.15. The van der Waals surface area contributed by atoms with Crippen LogP contribution in [0.15, 0.2) is 5.38 Å². The molecule has 1 aliphatic rings. The predicted molar refractivity (Wildman–Crippen MR) is 83.3 cm³/mol. The van der Waals surface area contributed by atoms with Gasteiger partial charge in [0.1, 0.15) is 0 Å². The topological polar surface area (TPSA) is 28.2 Å². The largest absolute Gasteiger partial charge is 0.315 e. The molecule has 6 heteroatoms. The molecule has 0 amide bonds. The Kier molecular flexibility index (Phi) is 9.17. The van der Waals surface area contributed by atoms with Crippen molar-refractivity contribution in [1.29, 1.82) is 0 Å². The van der Waals surface area contributed by atoms with E-state index in [0.717, 1.165) is 26.1 Å². The molecule has 1 aromatic heterocycles. The number of aromatic nitrogens is 1. The second-order valence-electron chi connectivity index (χ2n) is 4.54. The Balaban J connectivity index is 0.00000144. The van der Waals surface area contributed by atoms with E-state index in [1.54, 1.807) is 11.3 Å². The molecule has 0 bridgehead atoms. The molecule has 1 aromatic rings. The first-order valence-corrected chi connectivity index (χ1v) is 7.01. The Morgan fingerprint density at radius 1 is 1.50 bits per heavy atom. The standard InChI is InChI=1S/C12H21N3S.2ClH/c1-3-4-12-14-10(9-16-12)8-15(2)11-5-6-13-7-11;;/h9,11,13H,3-8H2,1-2H3;2*1H. The van der Waals surface area contributed by atoms with Crippen LogP contribution in [0.25, 0.3) is 0 Å². The van der Waals surface area contributed by atoms with Crippen molar-refractivity contribution >= 4 is 36.2 Å². The van der Waals surface area contributed by atoms with Crippen LogP contribution in [0.4, 0.5) is 0 Å². The van der Waals surface area contributed by atoms with Crippen LogP contribution < -0.4 is 5.32 Å². The van der Waals surface area contributed by atoms with E-state index >= 15 is 0 Å². The summed E-state index contributed by atoms with van der Waals surface area (Å²) in [6, 6.07) is 0.691. The minimum atomic E-state index is 0. The van der Waals surface area contributed by atoms with Crippen LogP contribution in [-0.2, 0) is 13.0 Å². The van der Waals surface area contributed by atoms with Crippen molar-refractivity contribution in [1.82, 2.24) is 15.2 Å². The number of aryl methyl sites for hydroxylation is 1. The van der Waals surface area contributed by atoms with Gasteiger partial charge in [-0.05, 0) is 32.9 Å². The van der Waals surface area contributed by atoms with Crippen molar-refractivity contribution in [3.8, 4) is 0 Å². The van der Waals surface area contributed by atoms with Crippen molar-refractivity contribution in [3.05, 3.63) is 16.1 Å². The molecule has 0 aliphatic carbocycles. The van der Waals surface area contributed by atoms with Gasteiger partial charge in [0.15, 0.2) is 0 Å². The van der Waals surface area contributed by atoms with E-state index in [9.17, 15) is 0 Å². The highest BCUT2D eigenvalue weighted by atomic mass is 35.5. The summed E-state index contributed by atoms with van der Waals surface area (Å²) >= 11 is 1.81. The van der Waals surface area contributed by atoms with Gasteiger partial charge in [-0.25, -0.2) is 4.98 Å². The molecular formula is C12H23Cl2N3S. The average molecular weight is 312 g/mol. The zero-order valence-electron chi connectivity index (χ0n) is 11.0. The third kappa shape index (κ3) is 5.02. The summed E-state index contributed by atoms with van der Waals surface area (Å²) < 4.78 is 0. The van der Waals surface area contributed by atoms with E-state index in [4.69, 9.17) is 0 Å². The molecule has 1 aliphatic heterocycles. The maximum Gasteiger partial charge on any atom is 0.0928 e. The smallest absolute Gasteiger partial charge is 0.0928 e. The number of nitrogens with zero attached hydrogens (tertiary/aromatic N) is 2. The number of hydrogen-bond donors (Lipinski definition) is 1. The highest BCUT2D eigenvalue weighted by molar-refractivity contribution is 7.09. The number of nitrogens with one attached hydrogen (secondary N) is 1. The molecule has 0 radical (unpaired) electrons. The lowest BCUT2D eigenvalue weighted by atomic mass is 10.2. The minimum absolute atomic E-state index is 0. The molecule has 3 nitrogen and oxygen atoms in total. The van der Waals surface area contributed by atoms with Crippen LogP contribution in [0.5, 0.6) is 0 Å². The van der Waals surface area contributed by atoms with Crippen LogP contribution >= 0.6 is 36.2 Å². The summed E-state index contributed by atoms with van der Waals surface area (Å²) in [6.07, 6.45) is 3.58. The number of halogens is 2. The van der Waals surface area contributed by atoms with Gasteiger partial charge >= 0.3 is 0 Å². The Hall–Kier alpha value is 0.130. The molecule has 1 saturated heterocycles. The number of likely N-dealkylation sites (N-methyl/N-ethyl adjacent to an activating group) is 1. The van der Waals surface area contributed by atoms with Crippen molar-refractivity contribution in [2.24, 2.45) is 0 Å². The first-order valence-electron chi connectivity index (χ1n) is 6.14. The zero-order valence-corrected chi connectivity index (χ0v) is 13.5. The Morgan fingerprint density at radius 3 is 2.89 bits per heavy atom. The van der Waals surface area contributed by atoms with E-state index in [0.29, 0.717) is 6.04 Å². The molecule has 1 atom stereocenters. The number of hydrogen-bond acceptors (Lipinski definition) is 4. The maximum absolute atomic E-state index is 4.67. The van der Waals surface area contributed by atoms with Crippen molar-refractivity contribution in [2.45, 2.75) is 38.8 Å². The molecule has 2 heterocycles. The fourth-order valence-corrected chi connectivity index (χ4v) is 3.04. The van der Waals surface area contributed by atoms with Gasteiger partial charge in [0.2, 0.25) is 0 Å². The van der Waals surface area contributed by atoms with Gasteiger partial charge < -0.3 is 5.32 Å². The second-order valence-corrected chi connectivity index (χ2v) is 5.49. The zero-order chi connectivity index (χ0) is 11.4. The second kappa shape index (κ2) is 9.10. The summed E-state index contributed by atoms with van der Waals surface area (Å²) in [5.74, 6) is 0. The van der Waals surface area contributed by atoms with Crippen LogP contribution in [0.3, 0.4) is 0 Å². The lowest BCUT2D eigenvalue weighted by Gasteiger charge is -2.22. The molecule has 1 N–H and O–H groups in total. The Bertz CT molecular complexity index is 327. The van der Waals surface area contributed by atoms with Gasteiger partial charge in [0.25, 0.3) is 0 Å². The molecule has 1 unspecified atom stereocenters. The predicted octanol–water partition coefficient (Wildman–Crippen LogP) is 2.73. The summed E-state index contributed by atoms with van der Waals surface area (Å²) in [5, 5.41) is 6.90. The Morgan fingerprint density at radius 2 is 2.28 bits per heavy atom. The third-order valence-corrected chi connectivity index (χ3v) is 4.09. The average Bonchev–Trinajstić information content (AvgIpc) is 2.89. The van der Waals surface area contributed by atoms with Gasteiger partial charge in [-0.15, -0.1) is 36.2 Å². The molecular weight excluding hydrogens is 289 g/mol. The SMILES string of the molecule is CCCc1nc(CN(C)C2CCNC2)cs1.Cl.Cl. The fraction of sp³-hybridized carbons (Fsp3) is 0.750. The lowest BCUT2D eigenvalue weighted by molar-refractivity contribution is 0.246. The van der Waals surface area contributed by atoms with Gasteiger partial charge in [-0.1, -0.05) is 6.92 Å². The van der Waals surface area contributed by atoms with Gasteiger partial charge in [0.05, 0.1) is 10.7 Å². The van der Waals surface area contributed by atoms with Crippen LogP contribution in [0.2, 0.25) is 0 Å². The number of rotatable bonds is 5. The minimum Gasteiger partial charge on any atom is -0.315 e. The van der Waals surface area contributed by atoms with E-state index in [2.05, 4.69) is 34.6 Å². The maximum atomic E-state index is 4.67. The quantitative estimate of drug-likeness (QED) is 0.906. The summed E-state index contributed by atoms with van der Waals surface area (Å²) in [7, 11) is 2.20. The molecule has 0 spiro atoms. The molecule has 1 fully saturated rings. The first-order chi connectivity index (χ1) is 7.79. The molecule has 0 aromatic carbocycles. The first kappa shape index (κ1) is 18.1. The van der Waals surface area contributed by atoms with E-state index < -0.39 is 0 Å². The number of thiazole rings is 1. The third-order valence-electron chi connectivity index (χ3n) is 3.13. The highest BCUT2D eigenvalue weighted by Gasteiger charge is 2.19. The van der Waals surface area contributed by atoms with Crippen LogP contribution in [-0.4, -0.2) is 36.1 Å². The van der Waals surface area contributed by atoms with E-state index in [1.165, 1.54) is 23.5 Å².